The number of nitrogens with one attached hydrogen (secondary N) is 1. The van der Waals surface area contributed by atoms with Crippen LogP contribution in [-0.2, 0) is 14.3 Å². The zero-order valence-electron chi connectivity index (χ0n) is 16.5. The average Bonchev–Trinajstić information content (AvgIpc) is 3.13. The molecule has 1 aromatic rings. The average molecular weight is 375 g/mol. The summed E-state index contributed by atoms with van der Waals surface area (Å²) < 4.78 is 25.7. The molecule has 3 aliphatic rings. The molecule has 1 amide bonds. The van der Waals surface area contributed by atoms with Crippen molar-refractivity contribution in [2.24, 2.45) is 22.7 Å². The van der Waals surface area contributed by atoms with E-state index in [4.69, 9.17) is 9.47 Å². The molecule has 1 aromatic carbocycles. The maximum absolute atomic E-state index is 14.5. The van der Waals surface area contributed by atoms with Crippen molar-refractivity contribution in [2.75, 3.05) is 20.3 Å². The Balaban J connectivity index is 1.64. The van der Waals surface area contributed by atoms with E-state index in [0.717, 1.165) is 19.3 Å². The lowest BCUT2D eigenvalue weighted by Crippen LogP contribution is -2.59. The van der Waals surface area contributed by atoms with Gasteiger partial charge in [0.1, 0.15) is 5.82 Å². The molecule has 4 nitrogen and oxygen atoms in total. The Bertz CT molecular complexity index is 721. The van der Waals surface area contributed by atoms with Gasteiger partial charge < -0.3 is 14.8 Å². The number of rotatable bonds is 5. The normalized spacial score (nSPS) is 36.4. The Morgan fingerprint density at radius 1 is 1.37 bits per heavy atom. The van der Waals surface area contributed by atoms with E-state index in [2.05, 4.69) is 19.2 Å². The minimum Gasteiger partial charge on any atom is -0.384 e. The van der Waals surface area contributed by atoms with Crippen LogP contribution in [0.1, 0.15) is 51.2 Å². The predicted octanol–water partition coefficient (Wildman–Crippen LogP) is 3.86. The number of carbonyl (C=O) groups excluding carboxylic acids is 1. The Morgan fingerprint density at radius 2 is 2.15 bits per heavy atom. The largest absolute Gasteiger partial charge is 0.384 e. The van der Waals surface area contributed by atoms with Gasteiger partial charge in [0.25, 0.3) is 0 Å². The van der Waals surface area contributed by atoms with Gasteiger partial charge >= 0.3 is 0 Å². The van der Waals surface area contributed by atoms with E-state index in [-0.39, 0.29) is 40.6 Å². The zero-order valence-corrected chi connectivity index (χ0v) is 16.5. The molecule has 5 atom stereocenters. The second-order valence-electron chi connectivity index (χ2n) is 9.10. The summed E-state index contributed by atoms with van der Waals surface area (Å²) in [5, 5.41) is 3.34. The molecular weight excluding hydrogens is 345 g/mol. The number of amides is 1. The fourth-order valence-corrected chi connectivity index (χ4v) is 6.23. The van der Waals surface area contributed by atoms with Crippen molar-refractivity contribution in [1.82, 2.24) is 5.32 Å². The SMILES string of the molecule is COCCC(=O)N[C@@H]1C(C)(C)[C@@H]2C[C@@H]3[C@@H](c4ccccc4F)OCC[C@@]31C2. The molecule has 1 spiro atoms. The number of halogens is 1. The zero-order chi connectivity index (χ0) is 19.2. The van der Waals surface area contributed by atoms with Gasteiger partial charge in [0.2, 0.25) is 5.91 Å². The van der Waals surface area contributed by atoms with Crippen LogP contribution in [0.15, 0.2) is 24.3 Å². The first kappa shape index (κ1) is 18.9. The summed E-state index contributed by atoms with van der Waals surface area (Å²) in [5.74, 6) is 0.617. The van der Waals surface area contributed by atoms with E-state index in [1.165, 1.54) is 6.07 Å². The van der Waals surface area contributed by atoms with Gasteiger partial charge in [-0.1, -0.05) is 32.0 Å². The second kappa shape index (κ2) is 6.85. The molecule has 1 saturated heterocycles. The Labute approximate surface area is 160 Å². The van der Waals surface area contributed by atoms with E-state index in [1.807, 2.05) is 12.1 Å². The summed E-state index contributed by atoms with van der Waals surface area (Å²) in [6.07, 6.45) is 3.21. The van der Waals surface area contributed by atoms with Crippen molar-refractivity contribution in [2.45, 2.75) is 51.7 Å². The molecular formula is C22H30FNO3. The summed E-state index contributed by atoms with van der Waals surface area (Å²) in [4.78, 5) is 12.5. The summed E-state index contributed by atoms with van der Waals surface area (Å²) >= 11 is 0. The molecule has 4 rings (SSSR count). The van der Waals surface area contributed by atoms with Crippen molar-refractivity contribution < 1.29 is 18.7 Å². The number of carbonyl (C=O) groups is 1. The highest BCUT2D eigenvalue weighted by Gasteiger charge is 2.68. The van der Waals surface area contributed by atoms with E-state index < -0.39 is 0 Å². The fraction of sp³-hybridized carbons (Fsp3) is 0.682. The van der Waals surface area contributed by atoms with Gasteiger partial charge in [-0.05, 0) is 48.0 Å². The van der Waals surface area contributed by atoms with Crippen molar-refractivity contribution in [3.05, 3.63) is 35.6 Å². The minimum absolute atomic E-state index is 0.0118. The number of hydrogen-bond donors (Lipinski definition) is 1. The van der Waals surface area contributed by atoms with Crippen molar-refractivity contribution in [3.63, 3.8) is 0 Å². The summed E-state index contributed by atoms with van der Waals surface area (Å²) in [6.45, 7) is 5.59. The molecule has 0 radical (unpaired) electrons. The first-order valence-electron chi connectivity index (χ1n) is 10.0. The highest BCUT2D eigenvalue weighted by Crippen LogP contribution is 2.70. The third-order valence-electron chi connectivity index (χ3n) is 7.56. The lowest BCUT2D eigenvalue weighted by atomic mass is 9.58. The molecule has 2 aliphatic carbocycles. The van der Waals surface area contributed by atoms with Crippen molar-refractivity contribution >= 4 is 5.91 Å². The Kier molecular flexibility index (Phi) is 4.79. The number of benzene rings is 1. The van der Waals surface area contributed by atoms with Crippen LogP contribution in [0.3, 0.4) is 0 Å². The lowest BCUT2D eigenvalue weighted by molar-refractivity contribution is -0.138. The molecule has 1 N–H and O–H groups in total. The maximum Gasteiger partial charge on any atom is 0.222 e. The second-order valence-corrected chi connectivity index (χ2v) is 9.10. The molecule has 0 aromatic heterocycles. The van der Waals surface area contributed by atoms with Crippen molar-refractivity contribution in [3.8, 4) is 0 Å². The molecule has 148 valence electrons. The van der Waals surface area contributed by atoms with Gasteiger partial charge in [-0.2, -0.15) is 0 Å². The van der Waals surface area contributed by atoms with Gasteiger partial charge in [0, 0.05) is 31.7 Å². The van der Waals surface area contributed by atoms with E-state index in [0.29, 0.717) is 31.1 Å². The Morgan fingerprint density at radius 3 is 2.89 bits per heavy atom. The van der Waals surface area contributed by atoms with E-state index in [9.17, 15) is 9.18 Å². The van der Waals surface area contributed by atoms with Crippen LogP contribution in [0.2, 0.25) is 0 Å². The standard InChI is InChI=1S/C22H30FNO3/c1-21(2)14-12-16-19(15-6-4-5-7-17(15)23)27-11-9-22(16,13-14)20(21)24-18(25)8-10-26-3/h4-7,14,16,19-20H,8-13H2,1-3H3,(H,24,25)/t14-,16-,19-,20-,22-/m1/s1. The first-order chi connectivity index (χ1) is 12.9. The molecule has 0 unspecified atom stereocenters. The topological polar surface area (TPSA) is 47.6 Å². The smallest absolute Gasteiger partial charge is 0.222 e. The first-order valence-corrected chi connectivity index (χ1v) is 10.0. The molecule has 3 fully saturated rings. The number of fused-ring (bicyclic) bond motifs is 1. The van der Waals surface area contributed by atoms with Crippen LogP contribution >= 0.6 is 0 Å². The van der Waals surface area contributed by atoms with Crippen LogP contribution in [0.5, 0.6) is 0 Å². The third-order valence-corrected chi connectivity index (χ3v) is 7.56. The van der Waals surface area contributed by atoms with Crippen LogP contribution in [0.25, 0.3) is 0 Å². The molecule has 1 aliphatic heterocycles. The summed E-state index contributed by atoms with van der Waals surface area (Å²) in [6, 6.07) is 7.06. The van der Waals surface area contributed by atoms with E-state index in [1.54, 1.807) is 13.2 Å². The van der Waals surface area contributed by atoms with E-state index >= 15 is 0 Å². The molecule has 5 heteroatoms. The molecule has 2 saturated carbocycles. The van der Waals surface area contributed by atoms with Crippen LogP contribution in [-0.4, -0.2) is 32.3 Å². The van der Waals surface area contributed by atoms with Gasteiger partial charge in [-0.15, -0.1) is 0 Å². The number of hydrogen-bond acceptors (Lipinski definition) is 3. The molecule has 1 heterocycles. The monoisotopic (exact) mass is 375 g/mol. The van der Waals surface area contributed by atoms with Crippen LogP contribution in [0, 0.1) is 28.5 Å². The van der Waals surface area contributed by atoms with Gasteiger partial charge in [0.05, 0.1) is 12.7 Å². The van der Waals surface area contributed by atoms with Crippen LogP contribution in [0.4, 0.5) is 4.39 Å². The van der Waals surface area contributed by atoms with Crippen molar-refractivity contribution in [1.29, 1.82) is 0 Å². The molecule has 27 heavy (non-hydrogen) atoms. The maximum atomic E-state index is 14.5. The predicted molar refractivity (Wildman–Crippen MR) is 101 cm³/mol. The third kappa shape index (κ3) is 2.90. The van der Waals surface area contributed by atoms with Gasteiger partial charge in [0.15, 0.2) is 0 Å². The number of ether oxygens (including phenoxy) is 2. The minimum atomic E-state index is -0.223. The summed E-state index contributed by atoms with van der Waals surface area (Å²) in [7, 11) is 1.61. The Hall–Kier alpha value is -1.46. The van der Waals surface area contributed by atoms with Gasteiger partial charge in [-0.3, -0.25) is 4.79 Å². The fourth-order valence-electron chi connectivity index (χ4n) is 6.23. The number of methoxy groups -OCH3 is 1. The highest BCUT2D eigenvalue weighted by atomic mass is 19.1. The summed E-state index contributed by atoms with van der Waals surface area (Å²) in [5.41, 5.74) is 0.690. The quantitative estimate of drug-likeness (QED) is 0.850. The van der Waals surface area contributed by atoms with Crippen LogP contribution < -0.4 is 5.32 Å². The highest BCUT2D eigenvalue weighted by molar-refractivity contribution is 5.76. The van der Waals surface area contributed by atoms with Gasteiger partial charge in [-0.25, -0.2) is 4.39 Å². The molecule has 2 bridgehead atoms. The lowest BCUT2D eigenvalue weighted by Gasteiger charge is -2.53.